The lowest BCUT2D eigenvalue weighted by Crippen LogP contribution is -2.13. The van der Waals surface area contributed by atoms with Crippen LogP contribution < -0.4 is 10.2 Å². The lowest BCUT2D eigenvalue weighted by Gasteiger charge is -2.18. The van der Waals surface area contributed by atoms with E-state index in [1.807, 2.05) is 54.4 Å². The summed E-state index contributed by atoms with van der Waals surface area (Å²) in [6, 6.07) is 22.2. The number of amides is 1. The minimum Gasteiger partial charge on any atom is -0.347 e. The van der Waals surface area contributed by atoms with Crippen molar-refractivity contribution < 1.29 is 4.79 Å². The number of unbranched alkanes of at least 4 members (excludes halogenated alkanes) is 2. The van der Waals surface area contributed by atoms with E-state index in [-0.39, 0.29) is 5.91 Å². The van der Waals surface area contributed by atoms with Gasteiger partial charge in [-0.2, -0.15) is 0 Å². The first-order valence-electron chi connectivity index (χ1n) is 11.8. The molecule has 0 saturated heterocycles. The number of hydrogen-bond acceptors (Lipinski definition) is 3. The number of nitrogens with zero attached hydrogens (tertiary/aromatic N) is 3. The third-order valence-corrected chi connectivity index (χ3v) is 6.03. The topological polar surface area (TPSA) is 50.2 Å². The zero-order valence-corrected chi connectivity index (χ0v) is 19.5. The summed E-state index contributed by atoms with van der Waals surface area (Å²) in [5.41, 5.74) is 4.32. The fourth-order valence-electron chi connectivity index (χ4n) is 4.16. The first-order chi connectivity index (χ1) is 16.2. The Bertz CT molecular complexity index is 1180. The summed E-state index contributed by atoms with van der Waals surface area (Å²) in [7, 11) is 1.98. The molecule has 2 heterocycles. The zero-order valence-electron chi connectivity index (χ0n) is 19.5. The van der Waals surface area contributed by atoms with Gasteiger partial charge in [0.1, 0.15) is 5.82 Å². The van der Waals surface area contributed by atoms with Gasteiger partial charge in [-0.05, 0) is 60.9 Å². The molecule has 0 fully saturated rings. The Morgan fingerprint density at radius 3 is 2.55 bits per heavy atom. The highest BCUT2D eigenvalue weighted by atomic mass is 16.1. The van der Waals surface area contributed by atoms with Crippen molar-refractivity contribution in [1.82, 2.24) is 9.55 Å². The van der Waals surface area contributed by atoms with Gasteiger partial charge in [-0.3, -0.25) is 4.79 Å². The van der Waals surface area contributed by atoms with Gasteiger partial charge in [0.05, 0.1) is 0 Å². The van der Waals surface area contributed by atoms with Crippen LogP contribution in [0.1, 0.15) is 38.2 Å². The lowest BCUT2D eigenvalue weighted by molar-refractivity contribution is -0.116. The van der Waals surface area contributed by atoms with Crippen molar-refractivity contribution in [3.63, 3.8) is 0 Å². The number of nitrogens with one attached hydrogen (secondary N) is 1. The van der Waals surface area contributed by atoms with Crippen molar-refractivity contribution in [2.75, 3.05) is 17.3 Å². The molecule has 5 heteroatoms. The molecule has 2 aromatic heterocycles. The van der Waals surface area contributed by atoms with Gasteiger partial charge in [-0.25, -0.2) is 4.98 Å². The van der Waals surface area contributed by atoms with Crippen molar-refractivity contribution in [1.29, 1.82) is 0 Å². The van der Waals surface area contributed by atoms with Crippen LogP contribution in [0, 0.1) is 0 Å². The van der Waals surface area contributed by atoms with Crippen LogP contribution in [0.15, 0.2) is 79.1 Å². The standard InChI is InChI=1S/C28H32N4O/c1-3-4-9-20-32-21-22(25-10-5-6-11-26(25)32)13-18-28(33)30-23-14-16-24(17-15-23)31(2)27-12-7-8-19-29-27/h5-8,10-12,14-17,19,21H,3-4,9,13,18,20H2,1-2H3,(H,30,33). The molecule has 4 aromatic rings. The molecule has 0 atom stereocenters. The lowest BCUT2D eigenvalue weighted by atomic mass is 10.1. The van der Waals surface area contributed by atoms with Crippen molar-refractivity contribution in [3.05, 3.63) is 84.7 Å². The summed E-state index contributed by atoms with van der Waals surface area (Å²) in [5, 5.41) is 4.29. The van der Waals surface area contributed by atoms with E-state index in [9.17, 15) is 4.79 Å². The Labute approximate surface area is 196 Å². The average Bonchev–Trinajstić information content (AvgIpc) is 3.21. The fourth-order valence-corrected chi connectivity index (χ4v) is 4.16. The van der Waals surface area contributed by atoms with E-state index in [1.54, 1.807) is 6.20 Å². The summed E-state index contributed by atoms with van der Waals surface area (Å²) < 4.78 is 2.34. The molecule has 4 rings (SSSR count). The molecule has 0 bridgehead atoms. The van der Waals surface area contributed by atoms with Crippen LogP contribution in [0.2, 0.25) is 0 Å². The van der Waals surface area contributed by atoms with Gasteiger partial charge in [0.2, 0.25) is 5.91 Å². The average molecular weight is 441 g/mol. The minimum absolute atomic E-state index is 0.0312. The second-order valence-corrected chi connectivity index (χ2v) is 8.41. The maximum Gasteiger partial charge on any atom is 0.224 e. The predicted molar refractivity (Wildman–Crippen MR) is 137 cm³/mol. The molecule has 0 unspecified atom stereocenters. The summed E-state index contributed by atoms with van der Waals surface area (Å²) >= 11 is 0. The van der Waals surface area contributed by atoms with E-state index >= 15 is 0 Å². The molecule has 170 valence electrons. The van der Waals surface area contributed by atoms with Gasteiger partial charge < -0.3 is 14.8 Å². The second kappa shape index (κ2) is 10.8. The van der Waals surface area contributed by atoms with Crippen LogP contribution in [0.25, 0.3) is 10.9 Å². The van der Waals surface area contributed by atoms with Crippen LogP contribution in [-0.2, 0) is 17.8 Å². The quantitative estimate of drug-likeness (QED) is 0.284. The van der Waals surface area contributed by atoms with Crippen molar-refractivity contribution in [3.8, 4) is 0 Å². The first kappa shape index (κ1) is 22.6. The van der Waals surface area contributed by atoms with Crippen LogP contribution in [-0.4, -0.2) is 22.5 Å². The molecule has 0 aliphatic heterocycles. The molecule has 0 aliphatic rings. The molecule has 0 aliphatic carbocycles. The number of hydrogen-bond donors (Lipinski definition) is 1. The first-order valence-corrected chi connectivity index (χ1v) is 11.8. The summed E-state index contributed by atoms with van der Waals surface area (Å²) in [4.78, 5) is 19.0. The number of rotatable bonds is 10. The van der Waals surface area contributed by atoms with E-state index in [0.29, 0.717) is 6.42 Å². The molecule has 0 saturated carbocycles. The Morgan fingerprint density at radius 2 is 1.79 bits per heavy atom. The predicted octanol–water partition coefficient (Wildman–Crippen LogP) is 6.57. The largest absolute Gasteiger partial charge is 0.347 e. The number of pyridine rings is 1. The molecule has 1 N–H and O–H groups in total. The van der Waals surface area contributed by atoms with E-state index in [1.165, 1.54) is 35.7 Å². The third kappa shape index (κ3) is 5.61. The highest BCUT2D eigenvalue weighted by Crippen LogP contribution is 2.25. The highest BCUT2D eigenvalue weighted by Gasteiger charge is 2.11. The Balaban J connectivity index is 1.36. The fraction of sp³-hybridized carbons (Fsp3) is 0.286. The van der Waals surface area contributed by atoms with Crippen LogP contribution in [0.3, 0.4) is 0 Å². The van der Waals surface area contributed by atoms with Gasteiger partial charge in [0.25, 0.3) is 0 Å². The Morgan fingerprint density at radius 1 is 1.00 bits per heavy atom. The maximum atomic E-state index is 12.6. The highest BCUT2D eigenvalue weighted by molar-refractivity contribution is 5.92. The molecule has 5 nitrogen and oxygen atoms in total. The van der Waals surface area contributed by atoms with Crippen molar-refractivity contribution in [2.24, 2.45) is 0 Å². The van der Waals surface area contributed by atoms with E-state index in [4.69, 9.17) is 0 Å². The maximum absolute atomic E-state index is 12.6. The molecule has 2 aromatic carbocycles. The number of fused-ring (bicyclic) bond motifs is 1. The van der Waals surface area contributed by atoms with Gasteiger partial charge in [0.15, 0.2) is 0 Å². The third-order valence-electron chi connectivity index (χ3n) is 6.03. The normalized spacial score (nSPS) is 11.0. The molecule has 1 amide bonds. The molecule has 33 heavy (non-hydrogen) atoms. The number of anilines is 3. The van der Waals surface area contributed by atoms with Gasteiger partial charge in [-0.15, -0.1) is 0 Å². The van der Waals surface area contributed by atoms with E-state index < -0.39 is 0 Å². The van der Waals surface area contributed by atoms with Gasteiger partial charge in [-0.1, -0.05) is 44.0 Å². The van der Waals surface area contributed by atoms with Crippen molar-refractivity contribution >= 4 is 34.0 Å². The molecule has 0 radical (unpaired) electrons. The van der Waals surface area contributed by atoms with Gasteiger partial charge >= 0.3 is 0 Å². The smallest absolute Gasteiger partial charge is 0.224 e. The van der Waals surface area contributed by atoms with Crippen molar-refractivity contribution in [2.45, 2.75) is 45.6 Å². The Hall–Kier alpha value is -3.60. The van der Waals surface area contributed by atoms with E-state index in [0.717, 1.165) is 30.2 Å². The SMILES string of the molecule is CCCCCn1cc(CCC(=O)Nc2ccc(N(C)c3ccccn3)cc2)c2ccccc21. The number of aromatic nitrogens is 2. The number of aryl methyl sites for hydroxylation is 2. The Kier molecular flexibility index (Phi) is 7.40. The monoisotopic (exact) mass is 440 g/mol. The summed E-state index contributed by atoms with van der Waals surface area (Å²) in [6.07, 6.45) is 8.83. The van der Waals surface area contributed by atoms with E-state index in [2.05, 4.69) is 52.3 Å². The number of carbonyl (C=O) groups is 1. The number of benzene rings is 2. The molecule has 0 spiro atoms. The summed E-state index contributed by atoms with van der Waals surface area (Å²) in [5.74, 6) is 0.909. The molecular formula is C28H32N4O. The van der Waals surface area contributed by atoms with Gasteiger partial charge in [0, 0.05) is 54.7 Å². The minimum atomic E-state index is 0.0312. The molecular weight excluding hydrogens is 408 g/mol. The number of carbonyl (C=O) groups excluding carboxylic acids is 1. The van der Waals surface area contributed by atoms with Crippen LogP contribution in [0.5, 0.6) is 0 Å². The zero-order chi connectivity index (χ0) is 23.0. The number of para-hydroxylation sites is 1. The van der Waals surface area contributed by atoms with Crippen LogP contribution in [0.4, 0.5) is 17.2 Å². The summed E-state index contributed by atoms with van der Waals surface area (Å²) in [6.45, 7) is 3.25. The second-order valence-electron chi connectivity index (χ2n) is 8.41. The van der Waals surface area contributed by atoms with Crippen LogP contribution >= 0.6 is 0 Å².